The van der Waals surface area contributed by atoms with E-state index >= 15 is 0 Å². The van der Waals surface area contributed by atoms with E-state index in [1.807, 2.05) is 42.5 Å². The Morgan fingerprint density at radius 3 is 2.48 bits per heavy atom. The van der Waals surface area contributed by atoms with Crippen LogP contribution in [0.3, 0.4) is 0 Å². The smallest absolute Gasteiger partial charge is 0.162 e. The molecule has 0 fully saturated rings. The molecule has 21 heavy (non-hydrogen) atoms. The van der Waals surface area contributed by atoms with Gasteiger partial charge in [-0.3, -0.25) is 4.79 Å². The largest absolute Gasteiger partial charge is 0.497 e. The number of benzene rings is 2. The molecule has 3 aromatic rings. The lowest BCUT2D eigenvalue weighted by molar-refractivity contribution is 0.102. The van der Waals surface area contributed by atoms with Gasteiger partial charge in [-0.2, -0.15) is 0 Å². The highest BCUT2D eigenvalue weighted by molar-refractivity contribution is 6.30. The van der Waals surface area contributed by atoms with Crippen molar-refractivity contribution in [3.8, 4) is 17.0 Å². The number of aromatic amines is 1. The molecule has 0 saturated carbocycles. The Bertz CT molecular complexity index is 819. The maximum Gasteiger partial charge on any atom is 0.162 e. The average Bonchev–Trinajstić information content (AvgIpc) is 2.86. The number of Topliss-reactive ketones (excluding diaryl/α,β-unsaturated/α-hetero) is 1. The minimum absolute atomic E-state index is 0.0134. The summed E-state index contributed by atoms with van der Waals surface area (Å²) in [6.07, 6.45) is 0. The highest BCUT2D eigenvalue weighted by Gasteiger charge is 2.17. The fourth-order valence-corrected chi connectivity index (χ4v) is 2.62. The third kappa shape index (κ3) is 2.41. The first-order valence-corrected chi connectivity index (χ1v) is 6.94. The quantitative estimate of drug-likeness (QED) is 0.712. The van der Waals surface area contributed by atoms with Crippen LogP contribution in [-0.2, 0) is 0 Å². The second-order valence-corrected chi connectivity index (χ2v) is 5.29. The second kappa shape index (κ2) is 5.26. The van der Waals surface area contributed by atoms with Crippen molar-refractivity contribution in [1.82, 2.24) is 4.98 Å². The lowest BCUT2D eigenvalue weighted by atomic mass is 10.0. The summed E-state index contributed by atoms with van der Waals surface area (Å²) < 4.78 is 5.25. The summed E-state index contributed by atoms with van der Waals surface area (Å²) in [7, 11) is 1.61. The minimum Gasteiger partial charge on any atom is -0.497 e. The number of fused-ring (bicyclic) bond motifs is 1. The van der Waals surface area contributed by atoms with Gasteiger partial charge in [0.2, 0.25) is 0 Å². The average molecular weight is 300 g/mol. The van der Waals surface area contributed by atoms with Crippen molar-refractivity contribution >= 4 is 28.3 Å². The summed E-state index contributed by atoms with van der Waals surface area (Å²) in [5, 5.41) is 1.53. The number of halogens is 1. The van der Waals surface area contributed by atoms with Gasteiger partial charge in [-0.1, -0.05) is 23.7 Å². The van der Waals surface area contributed by atoms with Crippen molar-refractivity contribution in [2.75, 3.05) is 7.11 Å². The van der Waals surface area contributed by atoms with Crippen LogP contribution in [0.2, 0.25) is 5.02 Å². The Hall–Kier alpha value is -2.26. The first kappa shape index (κ1) is 13.7. The first-order valence-electron chi connectivity index (χ1n) is 6.56. The maximum atomic E-state index is 12.1. The molecule has 0 atom stereocenters. The van der Waals surface area contributed by atoms with Gasteiger partial charge in [0.15, 0.2) is 5.78 Å². The Balaban J connectivity index is 2.29. The second-order valence-electron chi connectivity index (χ2n) is 4.85. The van der Waals surface area contributed by atoms with E-state index in [0.717, 1.165) is 27.9 Å². The van der Waals surface area contributed by atoms with Crippen molar-refractivity contribution in [2.45, 2.75) is 6.92 Å². The fraction of sp³-hybridized carbons (Fsp3) is 0.118. The number of nitrogens with one attached hydrogen (secondary N) is 1. The van der Waals surface area contributed by atoms with E-state index in [-0.39, 0.29) is 5.78 Å². The molecule has 0 bridgehead atoms. The number of carbonyl (C=O) groups excluding carboxylic acids is 1. The Kier molecular flexibility index (Phi) is 3.43. The van der Waals surface area contributed by atoms with E-state index in [1.54, 1.807) is 14.0 Å². The summed E-state index contributed by atoms with van der Waals surface area (Å²) in [6, 6.07) is 13.1. The summed E-state index contributed by atoms with van der Waals surface area (Å²) in [5.74, 6) is 0.742. The molecule has 1 heterocycles. The van der Waals surface area contributed by atoms with Crippen LogP contribution in [0.15, 0.2) is 42.5 Å². The van der Waals surface area contributed by atoms with Gasteiger partial charge in [0.05, 0.1) is 18.4 Å². The predicted octanol–water partition coefficient (Wildman–Crippen LogP) is 4.70. The van der Waals surface area contributed by atoms with Gasteiger partial charge in [-0.05, 0) is 42.8 Å². The zero-order chi connectivity index (χ0) is 15.0. The fourth-order valence-electron chi connectivity index (χ4n) is 2.50. The normalized spacial score (nSPS) is 10.8. The number of rotatable bonds is 3. The number of methoxy groups -OCH3 is 1. The standard InChI is InChI=1S/C17H14ClNO2/c1-10(20)16-14-9-13(21-2)7-8-15(14)19-17(16)11-3-5-12(18)6-4-11/h3-9,19H,1-2H3. The molecule has 0 spiro atoms. The monoisotopic (exact) mass is 299 g/mol. The SMILES string of the molecule is COc1ccc2[nH]c(-c3ccc(Cl)cc3)c(C(C)=O)c2c1. The highest BCUT2D eigenvalue weighted by Crippen LogP contribution is 2.33. The molecule has 2 aromatic carbocycles. The van der Waals surface area contributed by atoms with E-state index in [2.05, 4.69) is 4.98 Å². The Morgan fingerprint density at radius 1 is 1.14 bits per heavy atom. The van der Waals surface area contributed by atoms with Gasteiger partial charge in [-0.15, -0.1) is 0 Å². The molecule has 0 saturated heterocycles. The molecule has 0 aliphatic carbocycles. The van der Waals surface area contributed by atoms with Crippen LogP contribution in [0.25, 0.3) is 22.2 Å². The zero-order valence-corrected chi connectivity index (χ0v) is 12.5. The lowest BCUT2D eigenvalue weighted by Crippen LogP contribution is -1.94. The van der Waals surface area contributed by atoms with Crippen LogP contribution in [0.4, 0.5) is 0 Å². The van der Waals surface area contributed by atoms with Crippen LogP contribution in [0, 0.1) is 0 Å². The van der Waals surface area contributed by atoms with Gasteiger partial charge >= 0.3 is 0 Å². The summed E-state index contributed by atoms with van der Waals surface area (Å²) >= 11 is 5.93. The van der Waals surface area contributed by atoms with Crippen molar-refractivity contribution in [3.63, 3.8) is 0 Å². The molecule has 0 unspecified atom stereocenters. The van der Waals surface area contributed by atoms with Crippen LogP contribution in [0.5, 0.6) is 5.75 Å². The molecule has 3 rings (SSSR count). The molecular formula is C17H14ClNO2. The van der Waals surface area contributed by atoms with Crippen LogP contribution in [-0.4, -0.2) is 17.9 Å². The number of ketones is 1. The number of hydrogen-bond acceptors (Lipinski definition) is 2. The van der Waals surface area contributed by atoms with Crippen LogP contribution >= 0.6 is 11.6 Å². The molecule has 0 aliphatic rings. The van der Waals surface area contributed by atoms with Crippen molar-refractivity contribution in [3.05, 3.63) is 53.1 Å². The summed E-state index contributed by atoms with van der Waals surface area (Å²) in [6.45, 7) is 1.57. The third-order valence-electron chi connectivity index (χ3n) is 3.49. The molecular weight excluding hydrogens is 286 g/mol. The molecule has 0 aliphatic heterocycles. The number of aromatic nitrogens is 1. The molecule has 0 amide bonds. The van der Waals surface area contributed by atoms with E-state index < -0.39 is 0 Å². The molecule has 1 aromatic heterocycles. The van der Waals surface area contributed by atoms with E-state index in [1.165, 1.54) is 0 Å². The number of ether oxygens (including phenoxy) is 1. The molecule has 4 heteroatoms. The predicted molar refractivity (Wildman–Crippen MR) is 85.3 cm³/mol. The Morgan fingerprint density at radius 2 is 1.86 bits per heavy atom. The molecule has 0 radical (unpaired) electrons. The lowest BCUT2D eigenvalue weighted by Gasteiger charge is -2.02. The molecule has 106 valence electrons. The zero-order valence-electron chi connectivity index (χ0n) is 11.7. The number of H-pyrrole nitrogens is 1. The maximum absolute atomic E-state index is 12.1. The van der Waals surface area contributed by atoms with Gasteiger partial charge < -0.3 is 9.72 Å². The highest BCUT2D eigenvalue weighted by atomic mass is 35.5. The molecule has 3 nitrogen and oxygen atoms in total. The molecule has 1 N–H and O–H groups in total. The van der Waals surface area contributed by atoms with Crippen molar-refractivity contribution < 1.29 is 9.53 Å². The number of hydrogen-bond donors (Lipinski definition) is 1. The van der Waals surface area contributed by atoms with Crippen molar-refractivity contribution in [2.24, 2.45) is 0 Å². The van der Waals surface area contributed by atoms with E-state index in [9.17, 15) is 4.79 Å². The third-order valence-corrected chi connectivity index (χ3v) is 3.74. The number of carbonyl (C=O) groups is 1. The van der Waals surface area contributed by atoms with E-state index in [0.29, 0.717) is 10.6 Å². The topological polar surface area (TPSA) is 42.1 Å². The first-order chi connectivity index (χ1) is 10.1. The van der Waals surface area contributed by atoms with E-state index in [4.69, 9.17) is 16.3 Å². The summed E-state index contributed by atoms with van der Waals surface area (Å²) in [4.78, 5) is 15.4. The van der Waals surface area contributed by atoms with Crippen LogP contribution < -0.4 is 4.74 Å². The summed E-state index contributed by atoms with van der Waals surface area (Å²) in [5.41, 5.74) is 3.32. The Labute approximate surface area is 127 Å². The van der Waals surface area contributed by atoms with Gasteiger partial charge in [0.1, 0.15) is 5.75 Å². The van der Waals surface area contributed by atoms with Crippen molar-refractivity contribution in [1.29, 1.82) is 0 Å². The van der Waals surface area contributed by atoms with Gasteiger partial charge in [0, 0.05) is 15.9 Å². The van der Waals surface area contributed by atoms with Gasteiger partial charge in [-0.25, -0.2) is 0 Å². The minimum atomic E-state index is 0.0134. The van der Waals surface area contributed by atoms with Crippen LogP contribution in [0.1, 0.15) is 17.3 Å². The van der Waals surface area contributed by atoms with Gasteiger partial charge in [0.25, 0.3) is 0 Å².